The average Bonchev–Trinajstić information content (AvgIpc) is 3.05. The van der Waals surface area contributed by atoms with E-state index in [1.54, 1.807) is 21.1 Å². The minimum Gasteiger partial charge on any atom is -0.497 e. The number of carbonyl (C=O) groups excluding carboxylic acids is 1. The molecular formula is C21H21NO4S. The lowest BCUT2D eigenvalue weighted by Gasteiger charge is -2.10. The number of nitrogens with two attached hydrogens (primary N) is 1. The third kappa shape index (κ3) is 3.75. The normalized spacial score (nSPS) is 10.5. The standard InChI is InChI=1S/C21H21NO4S/c1-4-26-21(23)18-17(13-5-9-15(24-2)10-6-13)19(27-20(18)22)14-7-11-16(25-3)12-8-14/h5-12H,4,22H2,1-3H3. The monoisotopic (exact) mass is 383 g/mol. The zero-order valence-electron chi connectivity index (χ0n) is 15.4. The first-order valence-corrected chi connectivity index (χ1v) is 9.28. The van der Waals surface area contributed by atoms with Crippen molar-refractivity contribution in [1.29, 1.82) is 0 Å². The molecule has 2 aromatic carbocycles. The van der Waals surface area contributed by atoms with Crippen molar-refractivity contribution in [3.8, 4) is 33.1 Å². The molecule has 27 heavy (non-hydrogen) atoms. The Kier molecular flexibility index (Phi) is 5.66. The first-order chi connectivity index (χ1) is 13.1. The number of rotatable bonds is 6. The molecule has 1 aromatic heterocycles. The van der Waals surface area contributed by atoms with Crippen LogP contribution in [0.4, 0.5) is 5.00 Å². The van der Waals surface area contributed by atoms with Gasteiger partial charge in [-0.25, -0.2) is 4.79 Å². The molecule has 0 radical (unpaired) electrons. The largest absolute Gasteiger partial charge is 0.497 e. The number of methoxy groups -OCH3 is 2. The van der Waals surface area contributed by atoms with E-state index in [1.807, 2.05) is 48.5 Å². The average molecular weight is 383 g/mol. The molecule has 6 heteroatoms. The van der Waals surface area contributed by atoms with Gasteiger partial charge in [0.05, 0.1) is 20.8 Å². The molecule has 0 amide bonds. The van der Waals surface area contributed by atoms with Gasteiger partial charge >= 0.3 is 5.97 Å². The molecular weight excluding hydrogens is 362 g/mol. The number of hydrogen-bond acceptors (Lipinski definition) is 6. The summed E-state index contributed by atoms with van der Waals surface area (Å²) in [6.45, 7) is 2.06. The SMILES string of the molecule is CCOC(=O)c1c(N)sc(-c2ccc(OC)cc2)c1-c1ccc(OC)cc1. The van der Waals surface area contributed by atoms with Crippen LogP contribution in [0.5, 0.6) is 11.5 Å². The lowest BCUT2D eigenvalue weighted by atomic mass is 9.98. The van der Waals surface area contributed by atoms with Gasteiger partial charge in [0.15, 0.2) is 0 Å². The second-order valence-corrected chi connectivity index (χ2v) is 6.78. The molecule has 0 aliphatic heterocycles. The topological polar surface area (TPSA) is 70.8 Å². The van der Waals surface area contributed by atoms with E-state index in [0.717, 1.165) is 33.1 Å². The van der Waals surface area contributed by atoms with Crippen LogP contribution in [-0.4, -0.2) is 26.8 Å². The quantitative estimate of drug-likeness (QED) is 0.616. The predicted octanol–water partition coefficient (Wildman–Crippen LogP) is 4.86. The molecule has 1 heterocycles. The fraction of sp³-hybridized carbons (Fsp3) is 0.190. The number of hydrogen-bond donors (Lipinski definition) is 1. The summed E-state index contributed by atoms with van der Waals surface area (Å²) in [7, 11) is 3.24. The Bertz CT molecular complexity index is 930. The summed E-state index contributed by atoms with van der Waals surface area (Å²) in [4.78, 5) is 13.5. The van der Waals surface area contributed by atoms with Crippen molar-refractivity contribution in [3.05, 3.63) is 54.1 Å². The summed E-state index contributed by atoms with van der Waals surface area (Å²) < 4.78 is 15.7. The Labute approximate surface area is 162 Å². The van der Waals surface area contributed by atoms with Gasteiger partial charge in [-0.3, -0.25) is 0 Å². The van der Waals surface area contributed by atoms with Crippen molar-refractivity contribution in [2.45, 2.75) is 6.92 Å². The van der Waals surface area contributed by atoms with Gasteiger partial charge in [-0.05, 0) is 54.4 Å². The van der Waals surface area contributed by atoms with Crippen LogP contribution < -0.4 is 15.2 Å². The summed E-state index contributed by atoms with van der Waals surface area (Å²) >= 11 is 1.37. The van der Waals surface area contributed by atoms with Crippen LogP contribution in [0.3, 0.4) is 0 Å². The zero-order chi connectivity index (χ0) is 19.4. The Morgan fingerprint density at radius 1 is 0.926 bits per heavy atom. The molecule has 0 saturated heterocycles. The van der Waals surface area contributed by atoms with E-state index in [1.165, 1.54) is 11.3 Å². The molecule has 0 spiro atoms. The summed E-state index contributed by atoms with van der Waals surface area (Å²) in [5.41, 5.74) is 9.22. The Balaban J connectivity index is 2.19. The van der Waals surface area contributed by atoms with E-state index >= 15 is 0 Å². The summed E-state index contributed by atoms with van der Waals surface area (Å²) in [5.74, 6) is 1.09. The van der Waals surface area contributed by atoms with Gasteiger partial charge in [0.25, 0.3) is 0 Å². The fourth-order valence-corrected chi connectivity index (χ4v) is 3.92. The second-order valence-electron chi connectivity index (χ2n) is 5.72. The van der Waals surface area contributed by atoms with E-state index < -0.39 is 5.97 Å². The molecule has 140 valence electrons. The van der Waals surface area contributed by atoms with Gasteiger partial charge in [-0.1, -0.05) is 12.1 Å². The smallest absolute Gasteiger partial charge is 0.341 e. The van der Waals surface area contributed by atoms with E-state index in [4.69, 9.17) is 19.9 Å². The molecule has 0 unspecified atom stereocenters. The van der Waals surface area contributed by atoms with Crippen molar-refractivity contribution in [1.82, 2.24) is 0 Å². The molecule has 2 N–H and O–H groups in total. The highest BCUT2D eigenvalue weighted by Crippen LogP contribution is 2.45. The molecule has 0 fully saturated rings. The first-order valence-electron chi connectivity index (χ1n) is 8.47. The fourth-order valence-electron chi connectivity index (χ4n) is 2.83. The Hall–Kier alpha value is -2.99. The lowest BCUT2D eigenvalue weighted by Crippen LogP contribution is -2.07. The molecule has 0 aliphatic rings. The number of benzene rings is 2. The van der Waals surface area contributed by atoms with E-state index in [2.05, 4.69) is 0 Å². The van der Waals surface area contributed by atoms with Crippen molar-refractivity contribution in [3.63, 3.8) is 0 Å². The number of nitrogen functional groups attached to an aromatic ring is 1. The van der Waals surface area contributed by atoms with Gasteiger partial charge in [0.1, 0.15) is 22.1 Å². The third-order valence-electron chi connectivity index (χ3n) is 4.15. The van der Waals surface area contributed by atoms with Crippen molar-refractivity contribution < 1.29 is 19.0 Å². The minimum atomic E-state index is -0.420. The number of carbonyl (C=O) groups is 1. The van der Waals surface area contributed by atoms with Crippen molar-refractivity contribution in [2.75, 3.05) is 26.6 Å². The Morgan fingerprint density at radius 2 is 1.44 bits per heavy atom. The molecule has 0 saturated carbocycles. The molecule has 0 bridgehead atoms. The summed E-state index contributed by atoms with van der Waals surface area (Å²) in [6, 6.07) is 15.2. The highest BCUT2D eigenvalue weighted by molar-refractivity contribution is 7.20. The number of esters is 1. The lowest BCUT2D eigenvalue weighted by molar-refractivity contribution is 0.0529. The first kappa shape index (κ1) is 18.8. The highest BCUT2D eigenvalue weighted by Gasteiger charge is 2.25. The number of anilines is 1. The van der Waals surface area contributed by atoms with E-state index in [9.17, 15) is 4.79 Å². The number of thiophene rings is 1. The van der Waals surface area contributed by atoms with Gasteiger partial charge in [0, 0.05) is 10.4 Å². The van der Waals surface area contributed by atoms with Crippen LogP contribution in [0, 0.1) is 0 Å². The van der Waals surface area contributed by atoms with Gasteiger partial charge in [-0.15, -0.1) is 11.3 Å². The van der Waals surface area contributed by atoms with Crippen LogP contribution in [0.15, 0.2) is 48.5 Å². The van der Waals surface area contributed by atoms with Crippen molar-refractivity contribution in [2.24, 2.45) is 0 Å². The van der Waals surface area contributed by atoms with Crippen LogP contribution in [-0.2, 0) is 4.74 Å². The summed E-state index contributed by atoms with van der Waals surface area (Å²) in [5, 5.41) is 0.435. The zero-order valence-corrected chi connectivity index (χ0v) is 16.3. The van der Waals surface area contributed by atoms with Crippen molar-refractivity contribution >= 4 is 22.3 Å². The maximum absolute atomic E-state index is 12.6. The Morgan fingerprint density at radius 3 is 1.93 bits per heavy atom. The maximum Gasteiger partial charge on any atom is 0.341 e. The van der Waals surface area contributed by atoms with Crippen LogP contribution >= 0.6 is 11.3 Å². The minimum absolute atomic E-state index is 0.286. The van der Waals surface area contributed by atoms with Gasteiger partial charge in [-0.2, -0.15) is 0 Å². The second kappa shape index (κ2) is 8.14. The highest BCUT2D eigenvalue weighted by atomic mass is 32.1. The van der Waals surface area contributed by atoms with Gasteiger partial charge in [0.2, 0.25) is 0 Å². The van der Waals surface area contributed by atoms with Gasteiger partial charge < -0.3 is 19.9 Å². The molecule has 3 rings (SSSR count). The van der Waals surface area contributed by atoms with Crippen LogP contribution in [0.2, 0.25) is 0 Å². The van der Waals surface area contributed by atoms with E-state index in [-0.39, 0.29) is 6.61 Å². The van der Waals surface area contributed by atoms with Crippen LogP contribution in [0.1, 0.15) is 17.3 Å². The molecule has 0 atom stereocenters. The predicted molar refractivity (Wildman–Crippen MR) is 109 cm³/mol. The maximum atomic E-state index is 12.6. The summed E-state index contributed by atoms with van der Waals surface area (Å²) in [6.07, 6.45) is 0. The number of ether oxygens (including phenoxy) is 3. The molecule has 3 aromatic rings. The molecule has 5 nitrogen and oxygen atoms in total. The van der Waals surface area contributed by atoms with E-state index in [0.29, 0.717) is 10.6 Å². The third-order valence-corrected chi connectivity index (χ3v) is 5.21. The molecule has 0 aliphatic carbocycles. The van der Waals surface area contributed by atoms with Crippen LogP contribution in [0.25, 0.3) is 21.6 Å².